The van der Waals surface area contributed by atoms with E-state index in [9.17, 15) is 14.9 Å². The Balaban J connectivity index is 2.11. The zero-order chi connectivity index (χ0) is 15.4. The molecular formula is C15H19BrN2O3. The van der Waals surface area contributed by atoms with E-state index in [0.717, 1.165) is 19.3 Å². The fraction of sp³-hybridized carbons (Fsp3) is 0.533. The largest absolute Gasteiger partial charge is 0.348 e. The number of rotatable bonds is 3. The first-order valence-electron chi connectivity index (χ1n) is 7.19. The smallest absolute Gasteiger partial charge is 0.269 e. The number of non-ortho nitro benzene ring substituents is 1. The quantitative estimate of drug-likeness (QED) is 0.389. The van der Waals surface area contributed by atoms with E-state index in [1.54, 1.807) is 6.92 Å². The second-order valence-electron chi connectivity index (χ2n) is 5.49. The molecule has 1 amide bonds. The Kier molecular flexibility index (Phi) is 5.33. The molecule has 0 saturated heterocycles. The van der Waals surface area contributed by atoms with Crippen LogP contribution in [0.15, 0.2) is 18.2 Å². The Labute approximate surface area is 132 Å². The summed E-state index contributed by atoms with van der Waals surface area (Å²) in [5.74, 6) is -0.154. The molecule has 0 spiro atoms. The van der Waals surface area contributed by atoms with Gasteiger partial charge < -0.3 is 5.32 Å². The first-order chi connectivity index (χ1) is 9.99. The Hall–Kier alpha value is -1.43. The van der Waals surface area contributed by atoms with Crippen molar-refractivity contribution in [2.24, 2.45) is 0 Å². The third-order valence-corrected chi connectivity index (χ3v) is 5.01. The summed E-state index contributed by atoms with van der Waals surface area (Å²) in [5, 5.41) is 13.8. The third kappa shape index (κ3) is 4.03. The normalized spacial score (nSPS) is 22.4. The number of nitro groups is 1. The molecule has 114 valence electrons. The van der Waals surface area contributed by atoms with Crippen LogP contribution in [0.2, 0.25) is 0 Å². The van der Waals surface area contributed by atoms with Crippen LogP contribution in [0, 0.1) is 17.0 Å². The van der Waals surface area contributed by atoms with Crippen molar-refractivity contribution in [1.29, 1.82) is 0 Å². The highest BCUT2D eigenvalue weighted by molar-refractivity contribution is 9.09. The van der Waals surface area contributed by atoms with E-state index in [4.69, 9.17) is 0 Å². The van der Waals surface area contributed by atoms with Crippen LogP contribution in [-0.2, 0) is 0 Å². The minimum atomic E-state index is -0.450. The molecule has 5 nitrogen and oxygen atoms in total. The molecule has 6 heteroatoms. The topological polar surface area (TPSA) is 72.2 Å². The number of halogens is 1. The van der Waals surface area contributed by atoms with Crippen LogP contribution in [0.25, 0.3) is 0 Å². The van der Waals surface area contributed by atoms with Crippen molar-refractivity contribution < 1.29 is 9.72 Å². The number of alkyl halides is 1. The van der Waals surface area contributed by atoms with Gasteiger partial charge in [0.15, 0.2) is 0 Å². The molecule has 0 aliphatic heterocycles. The molecule has 2 unspecified atom stereocenters. The minimum absolute atomic E-state index is 0.0110. The lowest BCUT2D eigenvalue weighted by Crippen LogP contribution is -2.40. The van der Waals surface area contributed by atoms with Crippen LogP contribution in [0.3, 0.4) is 0 Å². The molecule has 21 heavy (non-hydrogen) atoms. The molecule has 2 rings (SSSR count). The summed E-state index contributed by atoms with van der Waals surface area (Å²) in [6.45, 7) is 1.72. The SMILES string of the molecule is Cc1cc([N+](=O)[O-])ccc1C(=O)NC1CCCCCC1Br. The summed E-state index contributed by atoms with van der Waals surface area (Å²) in [5.41, 5.74) is 1.14. The van der Waals surface area contributed by atoms with Gasteiger partial charge in [0.2, 0.25) is 0 Å². The second-order valence-corrected chi connectivity index (χ2v) is 6.67. The summed E-state index contributed by atoms with van der Waals surface area (Å²) in [4.78, 5) is 22.9. The monoisotopic (exact) mass is 354 g/mol. The summed E-state index contributed by atoms with van der Waals surface area (Å²) in [6, 6.07) is 4.46. The lowest BCUT2D eigenvalue weighted by Gasteiger charge is -2.21. The maximum absolute atomic E-state index is 12.4. The highest BCUT2D eigenvalue weighted by atomic mass is 79.9. The number of nitrogens with one attached hydrogen (secondary N) is 1. The number of amides is 1. The van der Waals surface area contributed by atoms with E-state index in [0.29, 0.717) is 16.0 Å². The Bertz CT molecular complexity index is 548. The van der Waals surface area contributed by atoms with Crippen LogP contribution in [0.4, 0.5) is 5.69 Å². The number of carbonyl (C=O) groups is 1. The molecular weight excluding hydrogens is 336 g/mol. The van der Waals surface area contributed by atoms with Gasteiger partial charge in [0.05, 0.1) is 4.92 Å². The van der Waals surface area contributed by atoms with Gasteiger partial charge in [-0.2, -0.15) is 0 Å². The van der Waals surface area contributed by atoms with E-state index in [2.05, 4.69) is 21.2 Å². The molecule has 2 atom stereocenters. The first kappa shape index (κ1) is 15.9. The summed E-state index contributed by atoms with van der Waals surface area (Å²) in [7, 11) is 0. The van der Waals surface area contributed by atoms with Crippen LogP contribution in [0.1, 0.15) is 48.0 Å². The van der Waals surface area contributed by atoms with E-state index in [1.165, 1.54) is 31.0 Å². The number of nitro benzene ring substituents is 1. The zero-order valence-corrected chi connectivity index (χ0v) is 13.6. The average Bonchev–Trinajstić information content (AvgIpc) is 2.63. The van der Waals surface area contributed by atoms with Crippen molar-refractivity contribution in [3.8, 4) is 0 Å². The highest BCUT2D eigenvalue weighted by Gasteiger charge is 2.24. The summed E-state index contributed by atoms with van der Waals surface area (Å²) < 4.78 is 0. The first-order valence-corrected chi connectivity index (χ1v) is 8.10. The van der Waals surface area contributed by atoms with E-state index >= 15 is 0 Å². The maximum atomic E-state index is 12.4. The summed E-state index contributed by atoms with van der Waals surface area (Å²) >= 11 is 3.65. The molecule has 1 aliphatic carbocycles. The van der Waals surface area contributed by atoms with Gasteiger partial charge in [0.1, 0.15) is 0 Å². The number of aryl methyl sites for hydroxylation is 1. The van der Waals surface area contributed by atoms with Crippen molar-refractivity contribution in [2.75, 3.05) is 0 Å². The lowest BCUT2D eigenvalue weighted by atomic mass is 10.0. The van der Waals surface area contributed by atoms with Crippen molar-refractivity contribution in [2.45, 2.75) is 49.9 Å². The van der Waals surface area contributed by atoms with Gasteiger partial charge in [-0.25, -0.2) is 0 Å². The maximum Gasteiger partial charge on any atom is 0.269 e. The molecule has 1 N–H and O–H groups in total. The zero-order valence-electron chi connectivity index (χ0n) is 12.0. The fourth-order valence-electron chi connectivity index (χ4n) is 2.69. The molecule has 0 bridgehead atoms. The molecule has 0 heterocycles. The molecule has 1 aromatic rings. The lowest BCUT2D eigenvalue weighted by molar-refractivity contribution is -0.384. The van der Waals surface area contributed by atoms with E-state index in [1.807, 2.05) is 0 Å². The average molecular weight is 355 g/mol. The van der Waals surface area contributed by atoms with Gasteiger partial charge in [0.25, 0.3) is 11.6 Å². The number of carbonyl (C=O) groups excluding carboxylic acids is 1. The Morgan fingerprint density at radius 2 is 2.05 bits per heavy atom. The number of benzene rings is 1. The molecule has 1 saturated carbocycles. The molecule has 1 fully saturated rings. The van der Waals surface area contributed by atoms with Gasteiger partial charge in [-0.3, -0.25) is 14.9 Å². The second kappa shape index (κ2) is 7.02. The predicted octanol–water partition coefficient (Wildman–Crippen LogP) is 3.73. The number of nitrogens with zero attached hydrogens (tertiary/aromatic N) is 1. The molecule has 1 aromatic carbocycles. The molecule has 1 aliphatic rings. The van der Waals surface area contributed by atoms with E-state index in [-0.39, 0.29) is 17.6 Å². The third-order valence-electron chi connectivity index (χ3n) is 3.91. The van der Waals surface area contributed by atoms with Crippen LogP contribution in [-0.4, -0.2) is 21.7 Å². The summed E-state index contributed by atoms with van der Waals surface area (Å²) in [6.07, 6.45) is 5.52. The molecule has 0 aromatic heterocycles. The van der Waals surface area contributed by atoms with E-state index < -0.39 is 4.92 Å². The van der Waals surface area contributed by atoms with Gasteiger partial charge in [-0.05, 0) is 31.4 Å². The number of hydrogen-bond acceptors (Lipinski definition) is 3. The predicted molar refractivity (Wildman–Crippen MR) is 84.9 cm³/mol. The Morgan fingerprint density at radius 3 is 2.71 bits per heavy atom. The highest BCUT2D eigenvalue weighted by Crippen LogP contribution is 2.24. The fourth-order valence-corrected chi connectivity index (χ4v) is 3.41. The van der Waals surface area contributed by atoms with Gasteiger partial charge in [-0.1, -0.05) is 35.2 Å². The van der Waals surface area contributed by atoms with Gasteiger partial charge in [-0.15, -0.1) is 0 Å². The van der Waals surface area contributed by atoms with Crippen molar-refractivity contribution in [1.82, 2.24) is 5.32 Å². The van der Waals surface area contributed by atoms with Crippen LogP contribution >= 0.6 is 15.9 Å². The Morgan fingerprint density at radius 1 is 1.33 bits per heavy atom. The van der Waals surface area contributed by atoms with Crippen molar-refractivity contribution >= 4 is 27.5 Å². The molecule has 0 radical (unpaired) electrons. The van der Waals surface area contributed by atoms with Crippen molar-refractivity contribution in [3.63, 3.8) is 0 Å². The standard InChI is InChI=1S/C15H19BrN2O3/c1-10-9-11(18(20)21)7-8-12(10)15(19)17-14-6-4-2-3-5-13(14)16/h7-9,13-14H,2-6H2,1H3,(H,17,19). The van der Waals surface area contributed by atoms with Gasteiger partial charge in [0, 0.05) is 28.6 Å². The van der Waals surface area contributed by atoms with Crippen LogP contribution < -0.4 is 5.32 Å². The minimum Gasteiger partial charge on any atom is -0.348 e. The van der Waals surface area contributed by atoms with Crippen LogP contribution in [0.5, 0.6) is 0 Å². The number of hydrogen-bond donors (Lipinski definition) is 1. The van der Waals surface area contributed by atoms with Gasteiger partial charge >= 0.3 is 0 Å². The van der Waals surface area contributed by atoms with Crippen molar-refractivity contribution in [3.05, 3.63) is 39.4 Å².